The molecule has 2 fully saturated rings. The van der Waals surface area contributed by atoms with Gasteiger partial charge in [0.05, 0.1) is 0 Å². The summed E-state index contributed by atoms with van der Waals surface area (Å²) in [4.78, 5) is 11.7. The van der Waals surface area contributed by atoms with Crippen LogP contribution in [0.25, 0.3) is 0 Å². The van der Waals surface area contributed by atoms with E-state index in [1.54, 1.807) is 0 Å². The maximum Gasteiger partial charge on any atom is 0.249 e. The lowest BCUT2D eigenvalue weighted by Crippen LogP contribution is -2.46. The van der Waals surface area contributed by atoms with Crippen molar-refractivity contribution < 1.29 is 9.53 Å². The molecule has 1 saturated carbocycles. The van der Waals surface area contributed by atoms with E-state index in [9.17, 15) is 4.79 Å². The Morgan fingerprint density at radius 2 is 2.29 bits per heavy atom. The molecule has 0 spiro atoms. The molecule has 1 aliphatic carbocycles. The second-order valence-electron chi connectivity index (χ2n) is 4.19. The maximum atomic E-state index is 11.7. The van der Waals surface area contributed by atoms with Gasteiger partial charge in [0, 0.05) is 19.2 Å². The molecule has 4 heteroatoms. The summed E-state index contributed by atoms with van der Waals surface area (Å²) in [6, 6.07) is 0.173. The molecule has 1 amide bonds. The first-order chi connectivity index (χ1) is 6.81. The van der Waals surface area contributed by atoms with E-state index in [-0.39, 0.29) is 18.1 Å². The van der Waals surface area contributed by atoms with Crippen molar-refractivity contribution in [1.82, 2.24) is 5.32 Å². The van der Waals surface area contributed by atoms with Gasteiger partial charge in [-0.25, -0.2) is 0 Å². The fraction of sp³-hybridized carbons (Fsp3) is 0.900. The summed E-state index contributed by atoms with van der Waals surface area (Å²) in [6.07, 6.45) is 4.03. The van der Waals surface area contributed by atoms with E-state index in [1.165, 1.54) is 12.8 Å². The number of hydrogen-bond acceptors (Lipinski definition) is 3. The lowest BCUT2D eigenvalue weighted by molar-refractivity contribution is -0.130. The van der Waals surface area contributed by atoms with Gasteiger partial charge in [0.2, 0.25) is 5.91 Å². The van der Waals surface area contributed by atoms with E-state index in [4.69, 9.17) is 10.5 Å². The normalized spacial score (nSPS) is 28.8. The highest BCUT2D eigenvalue weighted by atomic mass is 16.5. The van der Waals surface area contributed by atoms with Crippen LogP contribution in [0.3, 0.4) is 0 Å². The third kappa shape index (κ3) is 2.25. The van der Waals surface area contributed by atoms with Gasteiger partial charge in [-0.15, -0.1) is 0 Å². The standard InChI is InChI=1S/C10H18N2O2/c11-6-8(7-3-4-7)12-10(13)9-2-1-5-14-9/h7-9H,1-6,11H2,(H,12,13). The van der Waals surface area contributed by atoms with Crippen molar-refractivity contribution in [1.29, 1.82) is 0 Å². The van der Waals surface area contributed by atoms with E-state index >= 15 is 0 Å². The molecule has 2 rings (SSSR count). The summed E-state index contributed by atoms with van der Waals surface area (Å²) in [5.41, 5.74) is 5.61. The minimum Gasteiger partial charge on any atom is -0.368 e. The molecule has 1 aliphatic heterocycles. The van der Waals surface area contributed by atoms with Crippen LogP contribution in [0.5, 0.6) is 0 Å². The van der Waals surface area contributed by atoms with Gasteiger partial charge in [0.25, 0.3) is 0 Å². The topological polar surface area (TPSA) is 64.3 Å². The lowest BCUT2D eigenvalue weighted by atomic mass is 10.1. The predicted molar refractivity (Wildman–Crippen MR) is 52.7 cm³/mol. The fourth-order valence-corrected chi connectivity index (χ4v) is 1.93. The molecule has 0 bridgehead atoms. The first-order valence-electron chi connectivity index (χ1n) is 5.43. The molecule has 2 aliphatic rings. The molecule has 14 heavy (non-hydrogen) atoms. The van der Waals surface area contributed by atoms with Crippen molar-refractivity contribution in [2.45, 2.75) is 37.8 Å². The summed E-state index contributed by atoms with van der Waals surface area (Å²) in [5, 5.41) is 2.98. The Kier molecular flexibility index (Phi) is 3.03. The van der Waals surface area contributed by atoms with Gasteiger partial charge in [0.15, 0.2) is 0 Å². The number of carbonyl (C=O) groups excluding carboxylic acids is 1. The van der Waals surface area contributed by atoms with Crippen LogP contribution in [0.1, 0.15) is 25.7 Å². The molecule has 0 aromatic carbocycles. The van der Waals surface area contributed by atoms with Crippen LogP contribution in [-0.2, 0) is 9.53 Å². The minimum atomic E-state index is -0.220. The van der Waals surface area contributed by atoms with E-state index < -0.39 is 0 Å². The summed E-state index contributed by atoms with van der Waals surface area (Å²) >= 11 is 0. The second-order valence-corrected chi connectivity index (χ2v) is 4.19. The molecule has 2 unspecified atom stereocenters. The number of ether oxygens (including phenoxy) is 1. The summed E-state index contributed by atoms with van der Waals surface area (Å²) in [5.74, 6) is 0.648. The molecule has 1 saturated heterocycles. The van der Waals surface area contributed by atoms with Crippen LogP contribution in [0.4, 0.5) is 0 Å². The first-order valence-corrected chi connectivity index (χ1v) is 5.43. The fourth-order valence-electron chi connectivity index (χ4n) is 1.93. The summed E-state index contributed by atoms with van der Waals surface area (Å²) < 4.78 is 5.31. The average Bonchev–Trinajstić information content (AvgIpc) is 2.88. The number of hydrogen-bond donors (Lipinski definition) is 2. The Morgan fingerprint density at radius 1 is 1.50 bits per heavy atom. The van der Waals surface area contributed by atoms with E-state index in [0.29, 0.717) is 12.5 Å². The summed E-state index contributed by atoms with van der Waals surface area (Å²) in [7, 11) is 0. The number of rotatable bonds is 4. The van der Waals surface area contributed by atoms with E-state index in [2.05, 4.69) is 5.32 Å². The van der Waals surface area contributed by atoms with Crippen LogP contribution in [-0.4, -0.2) is 31.2 Å². The van der Waals surface area contributed by atoms with Crippen LogP contribution in [0, 0.1) is 5.92 Å². The van der Waals surface area contributed by atoms with Crippen LogP contribution < -0.4 is 11.1 Å². The van der Waals surface area contributed by atoms with Crippen molar-refractivity contribution in [3.8, 4) is 0 Å². The highest BCUT2D eigenvalue weighted by Gasteiger charge is 2.33. The zero-order chi connectivity index (χ0) is 9.97. The van der Waals surface area contributed by atoms with E-state index in [1.807, 2.05) is 0 Å². The zero-order valence-electron chi connectivity index (χ0n) is 8.37. The predicted octanol–water partition coefficient (Wildman–Crippen LogP) is 0.0189. The number of nitrogens with two attached hydrogens (primary N) is 1. The quantitative estimate of drug-likeness (QED) is 0.669. The molecule has 4 nitrogen and oxygen atoms in total. The van der Waals surface area contributed by atoms with E-state index in [0.717, 1.165) is 19.4 Å². The molecule has 1 heterocycles. The van der Waals surface area contributed by atoms with Crippen molar-refractivity contribution >= 4 is 5.91 Å². The van der Waals surface area contributed by atoms with Gasteiger partial charge >= 0.3 is 0 Å². The van der Waals surface area contributed by atoms with Crippen LogP contribution in [0.15, 0.2) is 0 Å². The van der Waals surface area contributed by atoms with Crippen molar-refractivity contribution in [3.63, 3.8) is 0 Å². The number of carbonyl (C=O) groups is 1. The molecule has 2 atom stereocenters. The Balaban J connectivity index is 1.79. The Labute approximate surface area is 84.2 Å². The molecule has 3 N–H and O–H groups in total. The Bertz CT molecular complexity index is 210. The van der Waals surface area contributed by atoms with Crippen LogP contribution >= 0.6 is 0 Å². The SMILES string of the molecule is NCC(NC(=O)C1CCCO1)C1CC1. The molecule has 0 aromatic rings. The van der Waals surface area contributed by atoms with Crippen molar-refractivity contribution in [3.05, 3.63) is 0 Å². The molecule has 0 aromatic heterocycles. The molecule has 80 valence electrons. The van der Waals surface area contributed by atoms with Gasteiger partial charge in [0.1, 0.15) is 6.10 Å². The molecular weight excluding hydrogens is 180 g/mol. The van der Waals surface area contributed by atoms with Crippen molar-refractivity contribution in [2.24, 2.45) is 11.7 Å². The van der Waals surface area contributed by atoms with Gasteiger partial charge < -0.3 is 15.8 Å². The van der Waals surface area contributed by atoms with Gasteiger partial charge in [-0.05, 0) is 31.6 Å². The Hall–Kier alpha value is -0.610. The number of amides is 1. The van der Waals surface area contributed by atoms with Gasteiger partial charge in [-0.1, -0.05) is 0 Å². The summed E-state index contributed by atoms with van der Waals surface area (Å²) in [6.45, 7) is 1.26. The third-order valence-corrected chi connectivity index (χ3v) is 2.99. The number of nitrogens with one attached hydrogen (secondary N) is 1. The van der Waals surface area contributed by atoms with Crippen LogP contribution in [0.2, 0.25) is 0 Å². The monoisotopic (exact) mass is 198 g/mol. The maximum absolute atomic E-state index is 11.7. The highest BCUT2D eigenvalue weighted by Crippen LogP contribution is 2.32. The largest absolute Gasteiger partial charge is 0.368 e. The molecular formula is C10H18N2O2. The minimum absolute atomic E-state index is 0.0323. The Morgan fingerprint density at radius 3 is 2.79 bits per heavy atom. The molecule has 0 radical (unpaired) electrons. The van der Waals surface area contributed by atoms with Gasteiger partial charge in [-0.2, -0.15) is 0 Å². The van der Waals surface area contributed by atoms with Gasteiger partial charge in [-0.3, -0.25) is 4.79 Å². The third-order valence-electron chi connectivity index (χ3n) is 2.99. The lowest BCUT2D eigenvalue weighted by Gasteiger charge is -2.18. The second kappa shape index (κ2) is 4.28. The average molecular weight is 198 g/mol. The van der Waals surface area contributed by atoms with Crippen molar-refractivity contribution in [2.75, 3.05) is 13.2 Å². The first kappa shape index (κ1) is 9.93. The zero-order valence-corrected chi connectivity index (χ0v) is 8.37. The highest BCUT2D eigenvalue weighted by molar-refractivity contribution is 5.81. The smallest absolute Gasteiger partial charge is 0.249 e.